The van der Waals surface area contributed by atoms with Crippen molar-refractivity contribution in [3.05, 3.63) is 100 Å². The highest BCUT2D eigenvalue weighted by atomic mass is 32.2. The summed E-state index contributed by atoms with van der Waals surface area (Å²) in [4.78, 5) is 13.7. The van der Waals surface area contributed by atoms with E-state index in [2.05, 4.69) is 28.9 Å². The summed E-state index contributed by atoms with van der Waals surface area (Å²) in [5.74, 6) is -1.35. The number of fused-ring (bicyclic) bond motifs is 1. The molecule has 1 N–H and O–H groups in total. The van der Waals surface area contributed by atoms with Gasteiger partial charge in [-0.05, 0) is 70.8 Å². The van der Waals surface area contributed by atoms with E-state index in [4.69, 9.17) is 0 Å². The number of carbonyl (C=O) groups excluding carboxylic acids is 1. The fourth-order valence-electron chi connectivity index (χ4n) is 4.71. The molecule has 0 radical (unpaired) electrons. The molecule has 0 saturated heterocycles. The lowest BCUT2D eigenvalue weighted by molar-refractivity contribution is -0.138. The fourth-order valence-corrected chi connectivity index (χ4v) is 6.24. The smallest absolute Gasteiger partial charge is 0.416 e. The lowest BCUT2D eigenvalue weighted by Gasteiger charge is -2.40. The van der Waals surface area contributed by atoms with Gasteiger partial charge in [0.15, 0.2) is 20.6 Å². The van der Waals surface area contributed by atoms with Crippen LogP contribution < -0.4 is 5.32 Å². The summed E-state index contributed by atoms with van der Waals surface area (Å²) in [7, 11) is 10.1. The Kier molecular flexibility index (Phi) is 9.57. The fraction of sp³-hybridized carbons (Fsp3) is 0.250. The van der Waals surface area contributed by atoms with Gasteiger partial charge in [-0.2, -0.15) is 13.2 Å². The van der Waals surface area contributed by atoms with E-state index in [0.29, 0.717) is 33.1 Å². The minimum Gasteiger partial charge on any atom is -0.612 e. The van der Waals surface area contributed by atoms with Crippen LogP contribution in [0.25, 0.3) is 10.9 Å². The Balaban J connectivity index is 1.52. The van der Waals surface area contributed by atoms with Gasteiger partial charge in [0, 0.05) is 39.7 Å². The summed E-state index contributed by atoms with van der Waals surface area (Å²) in [6, 6.07) is 16.2. The van der Waals surface area contributed by atoms with Gasteiger partial charge < -0.3 is 14.4 Å². The van der Waals surface area contributed by atoms with Crippen LogP contribution in [-0.4, -0.2) is 65.5 Å². The van der Waals surface area contributed by atoms with E-state index in [9.17, 15) is 31.3 Å². The van der Waals surface area contributed by atoms with Crippen molar-refractivity contribution in [3.8, 4) is 0 Å². The van der Waals surface area contributed by atoms with Gasteiger partial charge in [0.1, 0.15) is 12.5 Å². The maximum absolute atomic E-state index is 13.6. The maximum atomic E-state index is 13.6. The third-order valence-electron chi connectivity index (χ3n) is 8.17. The molecule has 220 valence electrons. The zero-order valence-corrected chi connectivity index (χ0v) is 25.6. The second-order valence-electron chi connectivity index (χ2n) is 12.1. The summed E-state index contributed by atoms with van der Waals surface area (Å²) < 4.78 is 82.1. The summed E-state index contributed by atoms with van der Waals surface area (Å²) in [5.41, 5.74) is 0.920. The van der Waals surface area contributed by atoms with E-state index in [1.165, 1.54) is 0 Å². The average Bonchev–Trinajstić information content (AvgIpc) is 3.27. The summed E-state index contributed by atoms with van der Waals surface area (Å²) >= 11 is -1.23. The molecule has 0 aliphatic carbocycles. The van der Waals surface area contributed by atoms with Crippen molar-refractivity contribution in [2.75, 3.05) is 6.67 Å². The Labute approximate surface area is 255 Å². The first-order valence-electron chi connectivity index (χ1n) is 13.9. The number of benzene rings is 3. The minimum atomic E-state index is -4.75. The Morgan fingerprint density at radius 3 is 2.21 bits per heavy atom. The van der Waals surface area contributed by atoms with E-state index in [-0.39, 0.29) is 36.1 Å². The van der Waals surface area contributed by atoms with Crippen molar-refractivity contribution in [2.24, 2.45) is 0 Å². The molecule has 0 bridgehead atoms. The number of hydrogen-bond donors (Lipinski definition) is 1. The number of carbonyl (C=O) groups is 1. The lowest BCUT2D eigenvalue weighted by Crippen LogP contribution is -2.52. The van der Waals surface area contributed by atoms with Crippen LogP contribution in [0.2, 0.25) is 5.11 Å². The lowest BCUT2D eigenvalue weighted by atomic mass is 9.30. The molecule has 3 aromatic carbocycles. The van der Waals surface area contributed by atoms with Crippen LogP contribution in [-0.2, 0) is 36.9 Å². The predicted octanol–water partition coefficient (Wildman–Crippen LogP) is 1.29. The number of aromatic nitrogens is 1. The molecule has 4 nitrogen and oxygen atoms in total. The van der Waals surface area contributed by atoms with Crippen molar-refractivity contribution in [2.45, 2.75) is 40.2 Å². The van der Waals surface area contributed by atoms with Crippen molar-refractivity contribution in [1.82, 2.24) is 9.88 Å². The van der Waals surface area contributed by atoms with E-state index in [1.807, 2.05) is 27.8 Å². The predicted molar refractivity (Wildman–Crippen MR) is 174 cm³/mol. The van der Waals surface area contributed by atoms with Crippen LogP contribution in [0.5, 0.6) is 0 Å². The first-order chi connectivity index (χ1) is 20.0. The zero-order valence-electron chi connectivity index (χ0n) is 24.7. The zero-order chi connectivity index (χ0) is 31.7. The van der Waals surface area contributed by atoms with Crippen molar-refractivity contribution in [3.63, 3.8) is 0 Å². The Morgan fingerprint density at radius 1 is 0.930 bits per heavy atom. The highest BCUT2D eigenvalue weighted by molar-refractivity contribution is 7.95. The second kappa shape index (κ2) is 12.5. The van der Waals surface area contributed by atoms with E-state index >= 15 is 0 Å². The molecule has 0 spiro atoms. The topological polar surface area (TPSA) is 57.1 Å². The molecule has 0 fully saturated rings. The van der Waals surface area contributed by atoms with E-state index < -0.39 is 40.0 Å². The molecule has 1 amide bonds. The number of nitrogens with one attached hydrogen (secondary N) is 1. The number of rotatable bonds is 10. The summed E-state index contributed by atoms with van der Waals surface area (Å²) in [5, 5.41) is 3.25. The van der Waals surface area contributed by atoms with Gasteiger partial charge in [-0.3, -0.25) is 4.79 Å². The highest BCUT2D eigenvalue weighted by Crippen LogP contribution is 2.36. The van der Waals surface area contributed by atoms with Crippen molar-refractivity contribution in [1.29, 1.82) is 0 Å². The van der Waals surface area contributed by atoms with Crippen LogP contribution >= 0.6 is 0 Å². The molecule has 4 aromatic rings. The number of hydrogen-bond acceptors (Lipinski definition) is 2. The standard InChI is InChI=1S/C28H30B5F5N2O2S/c29-27(30,31)28(32,33)43(42)22-6-1-16(2-7-22)15-39-25(41)18-4-8-24-19(11-18)13-21(40(24)10-9-34)12-17-3-5-20(35)14-23(17)26(36,37)38/h1-8,11,13-14H,9-10,12,15,29-33H2,(H,39,41). The quantitative estimate of drug-likeness (QED) is 0.168. The van der Waals surface area contributed by atoms with Crippen molar-refractivity contribution < 1.29 is 31.3 Å². The molecule has 1 atom stereocenters. The number of nitrogens with zero attached hydrogens (tertiary/aromatic N) is 1. The molecule has 43 heavy (non-hydrogen) atoms. The number of halogens is 5. The third kappa shape index (κ3) is 7.20. The molecule has 0 aliphatic rings. The monoisotopic (exact) mass is 608 g/mol. The van der Waals surface area contributed by atoms with Gasteiger partial charge in [-0.15, -0.1) is 0 Å². The van der Waals surface area contributed by atoms with Crippen LogP contribution in [0.1, 0.15) is 32.7 Å². The van der Waals surface area contributed by atoms with Crippen LogP contribution in [0.3, 0.4) is 0 Å². The number of amides is 1. The Morgan fingerprint density at radius 2 is 1.60 bits per heavy atom. The van der Waals surface area contributed by atoms with E-state index in [1.54, 1.807) is 41.0 Å². The first kappa shape index (κ1) is 32.9. The van der Waals surface area contributed by atoms with Gasteiger partial charge in [-0.25, -0.2) is 8.78 Å². The molecule has 1 heterocycles. The van der Waals surface area contributed by atoms with Gasteiger partial charge in [0.05, 0.1) is 35.6 Å². The summed E-state index contributed by atoms with van der Waals surface area (Å²) in [6.07, 6.45) is -4.95. The molecule has 0 saturated carbocycles. The molecule has 1 aromatic heterocycles. The summed E-state index contributed by atoms with van der Waals surface area (Å²) in [6.45, 7) is -0.597. The number of alkyl halides is 4. The molecular weight excluding hydrogens is 577 g/mol. The Bertz CT molecular complexity index is 1630. The second-order valence-corrected chi connectivity index (χ2v) is 14.1. The molecule has 15 heteroatoms. The maximum Gasteiger partial charge on any atom is 0.416 e. The third-order valence-corrected chi connectivity index (χ3v) is 10.4. The normalized spacial score (nSPS) is 13.3. The van der Waals surface area contributed by atoms with Gasteiger partial charge in [0.2, 0.25) is 0 Å². The molecule has 0 aliphatic heterocycles. The molecular formula is C28H30B5F5N2O2S. The van der Waals surface area contributed by atoms with Crippen LogP contribution in [0.4, 0.5) is 22.0 Å². The van der Waals surface area contributed by atoms with Gasteiger partial charge in [-0.1, -0.05) is 23.3 Å². The minimum absolute atomic E-state index is 0.0827. The SMILES string of the molecule is BC(B)(B)C(B)(B)[S+]([O-])c1ccc(CNC(=O)c2ccc3c(c2)cc(Cc2ccc(F)cc2C(F)(F)F)n3CCF)cc1. The average molecular weight is 608 g/mol. The van der Waals surface area contributed by atoms with Gasteiger partial charge in [0.25, 0.3) is 5.91 Å². The molecule has 4 rings (SSSR count). The highest BCUT2D eigenvalue weighted by Gasteiger charge is 2.43. The van der Waals surface area contributed by atoms with Crippen LogP contribution in [0, 0.1) is 5.82 Å². The molecule has 1 unspecified atom stereocenters. The van der Waals surface area contributed by atoms with E-state index in [0.717, 1.165) is 17.7 Å². The largest absolute Gasteiger partial charge is 0.612 e. The Hall–Kier alpha value is -3.05. The number of aryl methyl sites for hydroxylation is 1. The van der Waals surface area contributed by atoms with Crippen molar-refractivity contribution >= 4 is 67.2 Å². The van der Waals surface area contributed by atoms with Crippen LogP contribution in [0.15, 0.2) is 71.6 Å². The first-order valence-corrected chi connectivity index (χ1v) is 15.0. The van der Waals surface area contributed by atoms with Gasteiger partial charge >= 0.3 is 6.18 Å².